The lowest BCUT2D eigenvalue weighted by molar-refractivity contribution is 0.145. The summed E-state index contributed by atoms with van der Waals surface area (Å²) in [4.78, 5) is 4.47. The van der Waals surface area contributed by atoms with Crippen molar-refractivity contribution in [3.05, 3.63) is 41.6 Å². The van der Waals surface area contributed by atoms with Crippen molar-refractivity contribution in [2.24, 2.45) is 0 Å². The average molecular weight is 258 g/mol. The molecular formula is C16H19FN2. The number of nitrogens with one attached hydrogen (secondary N) is 1. The van der Waals surface area contributed by atoms with Crippen molar-refractivity contribution in [1.29, 1.82) is 0 Å². The lowest BCUT2D eigenvalue weighted by Gasteiger charge is -2.24. The Balaban J connectivity index is 2.02. The summed E-state index contributed by atoms with van der Waals surface area (Å²) in [6.45, 7) is 3.64. The first-order valence-electron chi connectivity index (χ1n) is 6.95. The van der Waals surface area contributed by atoms with Crippen molar-refractivity contribution in [3.63, 3.8) is 0 Å². The van der Waals surface area contributed by atoms with Gasteiger partial charge in [0.05, 0.1) is 5.52 Å². The molecular weight excluding hydrogens is 239 g/mol. The molecule has 1 unspecified atom stereocenters. The lowest BCUT2D eigenvalue weighted by atomic mass is 9.88. The lowest BCUT2D eigenvalue weighted by Crippen LogP contribution is -2.22. The highest BCUT2D eigenvalue weighted by Gasteiger charge is 2.32. The molecule has 19 heavy (non-hydrogen) atoms. The number of alkyl halides is 1. The number of pyridine rings is 1. The van der Waals surface area contributed by atoms with Crippen LogP contribution in [0.1, 0.15) is 30.5 Å². The van der Waals surface area contributed by atoms with Gasteiger partial charge in [0.1, 0.15) is 5.67 Å². The summed E-state index contributed by atoms with van der Waals surface area (Å²) in [6.07, 6.45) is 2.04. The van der Waals surface area contributed by atoms with Crippen molar-refractivity contribution in [1.82, 2.24) is 10.3 Å². The Labute approximate surface area is 113 Å². The number of fused-ring (bicyclic) bond motifs is 1. The number of benzene rings is 1. The minimum absolute atomic E-state index is 0.553. The third kappa shape index (κ3) is 2.47. The second kappa shape index (κ2) is 4.89. The number of halogens is 1. The molecule has 1 fully saturated rings. The Kier molecular flexibility index (Phi) is 3.23. The van der Waals surface area contributed by atoms with E-state index >= 15 is 4.39 Å². The van der Waals surface area contributed by atoms with Gasteiger partial charge in [-0.25, -0.2) is 4.39 Å². The SMILES string of the molecule is Cc1ccc2cc(C3(F)CCCNCC3)ccc2n1. The van der Waals surface area contributed by atoms with Gasteiger partial charge in [-0.2, -0.15) is 0 Å². The summed E-state index contributed by atoms with van der Waals surface area (Å²) in [6, 6.07) is 9.82. The molecule has 0 radical (unpaired) electrons. The van der Waals surface area contributed by atoms with Crippen LogP contribution < -0.4 is 5.32 Å². The predicted octanol–water partition coefficient (Wildman–Crippen LogP) is 3.48. The van der Waals surface area contributed by atoms with E-state index in [0.717, 1.165) is 41.7 Å². The normalized spacial score (nSPS) is 24.3. The highest BCUT2D eigenvalue weighted by atomic mass is 19.1. The summed E-state index contributed by atoms with van der Waals surface area (Å²) in [5, 5.41) is 4.29. The predicted molar refractivity (Wildman–Crippen MR) is 76.0 cm³/mol. The maximum Gasteiger partial charge on any atom is 0.137 e. The minimum atomic E-state index is -1.19. The van der Waals surface area contributed by atoms with Gasteiger partial charge in [-0.3, -0.25) is 4.98 Å². The molecule has 1 N–H and O–H groups in total. The first-order valence-corrected chi connectivity index (χ1v) is 6.95. The van der Waals surface area contributed by atoms with Crippen LogP contribution in [-0.2, 0) is 5.67 Å². The fraction of sp³-hybridized carbons (Fsp3) is 0.438. The fourth-order valence-corrected chi connectivity index (χ4v) is 2.82. The van der Waals surface area contributed by atoms with Gasteiger partial charge in [-0.05, 0) is 63.0 Å². The molecule has 0 aliphatic carbocycles. The van der Waals surface area contributed by atoms with Crippen LogP contribution in [0.5, 0.6) is 0 Å². The summed E-state index contributed by atoms with van der Waals surface area (Å²) < 4.78 is 15.1. The van der Waals surface area contributed by atoms with E-state index in [1.54, 1.807) is 0 Å². The number of hydrogen-bond acceptors (Lipinski definition) is 2. The quantitative estimate of drug-likeness (QED) is 0.847. The molecule has 0 amide bonds. The summed E-state index contributed by atoms with van der Waals surface area (Å²) in [7, 11) is 0. The molecule has 0 bridgehead atoms. The average Bonchev–Trinajstić information content (AvgIpc) is 2.64. The van der Waals surface area contributed by atoms with E-state index in [-0.39, 0.29) is 0 Å². The van der Waals surface area contributed by atoms with Gasteiger partial charge in [0.25, 0.3) is 0 Å². The molecule has 3 heteroatoms. The second-order valence-corrected chi connectivity index (χ2v) is 5.43. The van der Waals surface area contributed by atoms with Gasteiger partial charge in [-0.1, -0.05) is 12.1 Å². The largest absolute Gasteiger partial charge is 0.317 e. The zero-order chi connectivity index (χ0) is 13.3. The van der Waals surface area contributed by atoms with Crippen LogP contribution in [0.25, 0.3) is 10.9 Å². The van der Waals surface area contributed by atoms with E-state index in [2.05, 4.69) is 10.3 Å². The van der Waals surface area contributed by atoms with E-state index in [1.165, 1.54) is 0 Å². The fourth-order valence-electron chi connectivity index (χ4n) is 2.82. The van der Waals surface area contributed by atoms with Gasteiger partial charge in [0.15, 0.2) is 0 Å². The first kappa shape index (κ1) is 12.5. The van der Waals surface area contributed by atoms with E-state index in [9.17, 15) is 0 Å². The first-order chi connectivity index (χ1) is 9.17. The highest BCUT2D eigenvalue weighted by molar-refractivity contribution is 5.79. The molecule has 1 aromatic heterocycles. The third-order valence-corrected chi connectivity index (χ3v) is 3.97. The Morgan fingerprint density at radius 2 is 2.05 bits per heavy atom. The summed E-state index contributed by atoms with van der Waals surface area (Å²) in [5.41, 5.74) is 1.55. The van der Waals surface area contributed by atoms with Crippen LogP contribution in [0.2, 0.25) is 0 Å². The zero-order valence-electron chi connectivity index (χ0n) is 11.2. The molecule has 1 aliphatic rings. The summed E-state index contributed by atoms with van der Waals surface area (Å²) >= 11 is 0. The van der Waals surface area contributed by atoms with Gasteiger partial charge >= 0.3 is 0 Å². The van der Waals surface area contributed by atoms with Gasteiger partial charge in [-0.15, -0.1) is 0 Å². The molecule has 100 valence electrons. The van der Waals surface area contributed by atoms with E-state index in [0.29, 0.717) is 12.8 Å². The van der Waals surface area contributed by atoms with Crippen LogP contribution in [0.4, 0.5) is 4.39 Å². The van der Waals surface area contributed by atoms with Crippen molar-refractivity contribution in [2.75, 3.05) is 13.1 Å². The number of aryl methyl sites for hydroxylation is 1. The Hall–Kier alpha value is -1.48. The van der Waals surface area contributed by atoms with Crippen molar-refractivity contribution >= 4 is 10.9 Å². The maximum absolute atomic E-state index is 15.1. The number of aromatic nitrogens is 1. The molecule has 2 heterocycles. The van der Waals surface area contributed by atoms with Crippen molar-refractivity contribution < 1.29 is 4.39 Å². The van der Waals surface area contributed by atoms with Crippen LogP contribution in [-0.4, -0.2) is 18.1 Å². The van der Waals surface area contributed by atoms with Crippen LogP contribution >= 0.6 is 0 Å². The van der Waals surface area contributed by atoms with Crippen LogP contribution in [0, 0.1) is 6.92 Å². The van der Waals surface area contributed by atoms with Crippen LogP contribution in [0.3, 0.4) is 0 Å². The molecule has 1 atom stereocenters. The molecule has 3 rings (SSSR count). The molecule has 0 spiro atoms. The molecule has 1 saturated heterocycles. The molecule has 2 nitrogen and oxygen atoms in total. The van der Waals surface area contributed by atoms with Crippen molar-refractivity contribution in [2.45, 2.75) is 31.9 Å². The second-order valence-electron chi connectivity index (χ2n) is 5.43. The van der Waals surface area contributed by atoms with E-state index in [1.807, 2.05) is 37.3 Å². The Morgan fingerprint density at radius 3 is 2.95 bits per heavy atom. The number of nitrogens with zero attached hydrogens (tertiary/aromatic N) is 1. The standard InChI is InChI=1S/C16H19FN2/c1-12-3-4-13-11-14(5-6-15(13)19-12)16(17)7-2-9-18-10-8-16/h3-6,11,18H,2,7-10H2,1H3. The third-order valence-electron chi connectivity index (χ3n) is 3.97. The summed E-state index contributed by atoms with van der Waals surface area (Å²) in [5.74, 6) is 0. The maximum atomic E-state index is 15.1. The Morgan fingerprint density at radius 1 is 1.16 bits per heavy atom. The smallest absolute Gasteiger partial charge is 0.137 e. The monoisotopic (exact) mass is 258 g/mol. The highest BCUT2D eigenvalue weighted by Crippen LogP contribution is 2.36. The topological polar surface area (TPSA) is 24.9 Å². The molecule has 2 aromatic rings. The number of hydrogen-bond donors (Lipinski definition) is 1. The molecule has 0 saturated carbocycles. The molecule has 1 aromatic carbocycles. The van der Waals surface area contributed by atoms with Gasteiger partial charge in [0, 0.05) is 11.1 Å². The molecule has 1 aliphatic heterocycles. The number of rotatable bonds is 1. The van der Waals surface area contributed by atoms with E-state index < -0.39 is 5.67 Å². The van der Waals surface area contributed by atoms with Crippen LogP contribution in [0.15, 0.2) is 30.3 Å². The Bertz CT molecular complexity index is 586. The van der Waals surface area contributed by atoms with Crippen molar-refractivity contribution in [3.8, 4) is 0 Å². The van der Waals surface area contributed by atoms with E-state index in [4.69, 9.17) is 0 Å². The van der Waals surface area contributed by atoms with Gasteiger partial charge < -0.3 is 5.32 Å². The van der Waals surface area contributed by atoms with Gasteiger partial charge in [0.2, 0.25) is 0 Å². The minimum Gasteiger partial charge on any atom is -0.317 e. The zero-order valence-corrected chi connectivity index (χ0v) is 11.2.